The Hall–Kier alpha value is -2.22. The van der Waals surface area contributed by atoms with E-state index in [1.807, 2.05) is 0 Å². The third-order valence-corrected chi connectivity index (χ3v) is 3.25. The molecule has 0 radical (unpaired) electrons. The summed E-state index contributed by atoms with van der Waals surface area (Å²) < 4.78 is 81.5. The largest absolute Gasteiger partial charge is 0.573 e. The van der Waals surface area contributed by atoms with Gasteiger partial charge in [0.2, 0.25) is 0 Å². The average Bonchev–Trinajstić information content (AvgIpc) is 2.46. The van der Waals surface area contributed by atoms with Crippen molar-refractivity contribution in [1.82, 2.24) is 0 Å². The van der Waals surface area contributed by atoms with E-state index in [1.54, 1.807) is 0 Å². The van der Waals surface area contributed by atoms with Gasteiger partial charge in [0.25, 0.3) is 0 Å². The molecule has 24 heavy (non-hydrogen) atoms. The molecule has 0 aliphatic rings. The highest BCUT2D eigenvalue weighted by Gasteiger charge is 2.37. The van der Waals surface area contributed by atoms with Crippen molar-refractivity contribution in [2.45, 2.75) is 19.0 Å². The smallest absolute Gasteiger partial charge is 0.405 e. The summed E-state index contributed by atoms with van der Waals surface area (Å²) in [7, 11) is 0. The van der Waals surface area contributed by atoms with Gasteiger partial charge in [-0.2, -0.15) is 13.2 Å². The molecule has 2 aromatic rings. The molecule has 0 atom stereocenters. The van der Waals surface area contributed by atoms with Gasteiger partial charge in [-0.15, -0.1) is 13.2 Å². The fourth-order valence-corrected chi connectivity index (χ4v) is 2.41. The first-order chi connectivity index (χ1) is 11.1. The number of benzene rings is 2. The second-order valence-electron chi connectivity index (χ2n) is 4.92. The van der Waals surface area contributed by atoms with Gasteiger partial charge in [-0.05, 0) is 30.7 Å². The Morgan fingerprint density at radius 3 is 2.12 bits per heavy atom. The van der Waals surface area contributed by atoms with Crippen molar-refractivity contribution in [3.63, 3.8) is 0 Å². The van der Waals surface area contributed by atoms with Crippen molar-refractivity contribution in [1.29, 1.82) is 0 Å². The molecule has 0 fully saturated rings. The van der Waals surface area contributed by atoms with Gasteiger partial charge in [0, 0.05) is 11.1 Å². The van der Waals surface area contributed by atoms with Crippen LogP contribution >= 0.6 is 0 Å². The van der Waals surface area contributed by atoms with Crippen molar-refractivity contribution < 1.29 is 31.1 Å². The number of hydrogen-bond acceptors (Lipinski definition) is 2. The first kappa shape index (κ1) is 18.1. The normalized spacial score (nSPS) is 12.3. The standard InChI is InChI=1S/C16H13F6NO/c17-15(18,19)12-6-3-4-10(8-9-23)14(12)11-5-1-2-7-13(11)24-16(20,21)22/h1-7H,8-9,23H2. The molecular weight excluding hydrogens is 336 g/mol. The maximum atomic E-state index is 13.3. The topological polar surface area (TPSA) is 35.2 Å². The molecule has 0 saturated heterocycles. The Morgan fingerprint density at radius 1 is 0.875 bits per heavy atom. The van der Waals surface area contributed by atoms with E-state index >= 15 is 0 Å². The third kappa shape index (κ3) is 4.19. The number of ether oxygens (including phenoxy) is 1. The van der Waals surface area contributed by atoms with Crippen molar-refractivity contribution in [3.8, 4) is 16.9 Å². The number of para-hydroxylation sites is 1. The Morgan fingerprint density at radius 2 is 1.54 bits per heavy atom. The van der Waals surface area contributed by atoms with Gasteiger partial charge in [0.1, 0.15) is 5.75 Å². The molecule has 0 spiro atoms. The summed E-state index contributed by atoms with van der Waals surface area (Å²) in [4.78, 5) is 0. The summed E-state index contributed by atoms with van der Waals surface area (Å²) in [5, 5.41) is 0. The Balaban J connectivity index is 2.72. The molecule has 2 N–H and O–H groups in total. The molecule has 0 heterocycles. The molecule has 2 aromatic carbocycles. The molecular formula is C16H13F6NO. The first-order valence-corrected chi connectivity index (χ1v) is 6.88. The summed E-state index contributed by atoms with van der Waals surface area (Å²) >= 11 is 0. The van der Waals surface area contributed by atoms with Crippen LogP contribution in [0.4, 0.5) is 26.3 Å². The zero-order valence-electron chi connectivity index (χ0n) is 12.2. The van der Waals surface area contributed by atoms with Gasteiger partial charge in [-0.3, -0.25) is 0 Å². The predicted molar refractivity (Wildman–Crippen MR) is 76.3 cm³/mol. The van der Waals surface area contributed by atoms with Crippen LogP contribution in [-0.4, -0.2) is 12.9 Å². The number of hydrogen-bond donors (Lipinski definition) is 1. The molecule has 8 heteroatoms. The van der Waals surface area contributed by atoms with Gasteiger partial charge >= 0.3 is 12.5 Å². The number of nitrogens with two attached hydrogens (primary N) is 1. The Bertz CT molecular complexity index is 708. The van der Waals surface area contributed by atoms with Crippen molar-refractivity contribution >= 4 is 0 Å². The predicted octanol–water partition coefficient (Wildman–Crippen LogP) is 4.77. The Labute approximate surface area is 133 Å². The summed E-state index contributed by atoms with van der Waals surface area (Å²) in [6.45, 7) is 0.0522. The minimum Gasteiger partial charge on any atom is -0.405 e. The number of alkyl halides is 6. The van der Waals surface area contributed by atoms with E-state index in [4.69, 9.17) is 5.73 Å². The van der Waals surface area contributed by atoms with Gasteiger partial charge in [0.05, 0.1) is 5.56 Å². The molecule has 130 valence electrons. The van der Waals surface area contributed by atoms with Crippen LogP contribution in [-0.2, 0) is 12.6 Å². The fourth-order valence-electron chi connectivity index (χ4n) is 2.41. The van der Waals surface area contributed by atoms with E-state index in [2.05, 4.69) is 4.74 Å². The van der Waals surface area contributed by atoms with E-state index in [9.17, 15) is 26.3 Å². The number of rotatable bonds is 4. The summed E-state index contributed by atoms with van der Waals surface area (Å²) in [5.74, 6) is -0.694. The van der Waals surface area contributed by atoms with Crippen LogP contribution in [0.15, 0.2) is 42.5 Å². The molecule has 0 bridgehead atoms. The lowest BCUT2D eigenvalue weighted by atomic mass is 9.92. The molecule has 0 aliphatic carbocycles. The highest BCUT2D eigenvalue weighted by Crippen LogP contribution is 2.43. The maximum Gasteiger partial charge on any atom is 0.573 e. The van der Waals surface area contributed by atoms with Crippen LogP contribution in [0, 0.1) is 0 Å². The van der Waals surface area contributed by atoms with Crippen LogP contribution in [0.1, 0.15) is 11.1 Å². The van der Waals surface area contributed by atoms with Gasteiger partial charge in [-0.1, -0.05) is 30.3 Å². The molecule has 0 unspecified atom stereocenters. The van der Waals surface area contributed by atoms with Gasteiger partial charge < -0.3 is 10.5 Å². The third-order valence-electron chi connectivity index (χ3n) is 3.25. The van der Waals surface area contributed by atoms with Gasteiger partial charge in [0.15, 0.2) is 0 Å². The quantitative estimate of drug-likeness (QED) is 0.807. The van der Waals surface area contributed by atoms with Crippen molar-refractivity contribution in [2.75, 3.05) is 6.54 Å². The first-order valence-electron chi connectivity index (χ1n) is 6.88. The summed E-state index contributed by atoms with van der Waals surface area (Å²) in [5.41, 5.74) is 3.94. The van der Waals surface area contributed by atoms with E-state index in [-0.39, 0.29) is 29.7 Å². The fraction of sp³-hybridized carbons (Fsp3) is 0.250. The molecule has 0 amide bonds. The van der Waals surface area contributed by atoms with Crippen molar-refractivity contribution in [2.24, 2.45) is 5.73 Å². The van der Waals surface area contributed by atoms with Crippen molar-refractivity contribution in [3.05, 3.63) is 53.6 Å². The SMILES string of the molecule is NCCc1cccc(C(F)(F)F)c1-c1ccccc1OC(F)(F)F. The lowest BCUT2D eigenvalue weighted by molar-refractivity contribution is -0.274. The number of halogens is 6. The lowest BCUT2D eigenvalue weighted by Gasteiger charge is -2.20. The molecule has 0 saturated carbocycles. The zero-order valence-corrected chi connectivity index (χ0v) is 12.2. The Kier molecular flexibility index (Phi) is 5.08. The second-order valence-corrected chi connectivity index (χ2v) is 4.92. The minimum absolute atomic E-state index is 0.0522. The zero-order chi connectivity index (χ0) is 18.0. The lowest BCUT2D eigenvalue weighted by Crippen LogP contribution is -2.18. The minimum atomic E-state index is -5.02. The highest BCUT2D eigenvalue weighted by atomic mass is 19.4. The molecule has 2 rings (SSSR count). The van der Waals surface area contributed by atoms with Crippen LogP contribution in [0.2, 0.25) is 0 Å². The van der Waals surface area contributed by atoms with Crippen LogP contribution in [0.5, 0.6) is 5.75 Å². The summed E-state index contributed by atoms with van der Waals surface area (Å²) in [6.07, 6.45) is -9.66. The van der Waals surface area contributed by atoms with E-state index in [0.717, 1.165) is 18.2 Å². The molecule has 2 nitrogen and oxygen atoms in total. The summed E-state index contributed by atoms with van der Waals surface area (Å²) in [6, 6.07) is 8.15. The molecule has 0 aliphatic heterocycles. The van der Waals surface area contributed by atoms with E-state index in [1.165, 1.54) is 24.3 Å². The monoisotopic (exact) mass is 349 g/mol. The van der Waals surface area contributed by atoms with E-state index < -0.39 is 23.9 Å². The second kappa shape index (κ2) is 6.72. The highest BCUT2D eigenvalue weighted by molar-refractivity contribution is 5.77. The van der Waals surface area contributed by atoms with Gasteiger partial charge in [-0.25, -0.2) is 0 Å². The van der Waals surface area contributed by atoms with Crippen LogP contribution < -0.4 is 10.5 Å². The molecule has 0 aromatic heterocycles. The van der Waals surface area contributed by atoms with E-state index in [0.29, 0.717) is 0 Å². The van der Waals surface area contributed by atoms with Crippen LogP contribution in [0.25, 0.3) is 11.1 Å². The van der Waals surface area contributed by atoms with Crippen LogP contribution in [0.3, 0.4) is 0 Å². The maximum absolute atomic E-state index is 13.3. The average molecular weight is 349 g/mol.